The molecular formula is C12H16N2S2. The van der Waals surface area contributed by atoms with Gasteiger partial charge in [0.25, 0.3) is 0 Å². The molecule has 86 valence electrons. The van der Waals surface area contributed by atoms with Crippen molar-refractivity contribution in [2.24, 2.45) is 5.73 Å². The highest BCUT2D eigenvalue weighted by molar-refractivity contribution is 7.98. The van der Waals surface area contributed by atoms with E-state index in [4.69, 9.17) is 18.0 Å². The molecule has 4 heteroatoms. The van der Waals surface area contributed by atoms with Crippen molar-refractivity contribution in [1.82, 2.24) is 0 Å². The van der Waals surface area contributed by atoms with Gasteiger partial charge in [0.05, 0.1) is 0 Å². The molecule has 0 bridgehead atoms. The SMILES string of the molecule is CSc1cccc(NC2CCC2)c1C(N)=S. The van der Waals surface area contributed by atoms with Crippen molar-refractivity contribution < 1.29 is 0 Å². The second-order valence-electron chi connectivity index (χ2n) is 4.02. The maximum atomic E-state index is 5.80. The molecule has 0 unspecified atom stereocenters. The third-order valence-corrected chi connectivity index (χ3v) is 3.94. The molecule has 1 saturated carbocycles. The van der Waals surface area contributed by atoms with Gasteiger partial charge in [-0.05, 0) is 37.7 Å². The minimum absolute atomic E-state index is 0.478. The Balaban J connectivity index is 2.30. The fraction of sp³-hybridized carbons (Fsp3) is 0.417. The van der Waals surface area contributed by atoms with Crippen LogP contribution in [-0.4, -0.2) is 17.3 Å². The molecule has 0 radical (unpaired) electrons. The molecule has 1 aliphatic carbocycles. The monoisotopic (exact) mass is 252 g/mol. The van der Waals surface area contributed by atoms with Gasteiger partial charge in [0.15, 0.2) is 0 Å². The van der Waals surface area contributed by atoms with Crippen LogP contribution in [0.4, 0.5) is 5.69 Å². The number of hydrogen-bond donors (Lipinski definition) is 2. The molecular weight excluding hydrogens is 236 g/mol. The highest BCUT2D eigenvalue weighted by atomic mass is 32.2. The molecule has 0 spiro atoms. The molecule has 0 amide bonds. The summed E-state index contributed by atoms with van der Waals surface area (Å²) in [6.07, 6.45) is 5.87. The van der Waals surface area contributed by atoms with Crippen LogP contribution in [0.5, 0.6) is 0 Å². The molecule has 1 fully saturated rings. The number of hydrogen-bond acceptors (Lipinski definition) is 3. The van der Waals surface area contributed by atoms with Crippen LogP contribution in [0, 0.1) is 0 Å². The average molecular weight is 252 g/mol. The molecule has 2 nitrogen and oxygen atoms in total. The summed E-state index contributed by atoms with van der Waals surface area (Å²) in [5, 5.41) is 3.52. The first-order valence-corrected chi connectivity index (χ1v) is 7.09. The van der Waals surface area contributed by atoms with E-state index in [-0.39, 0.29) is 0 Å². The van der Waals surface area contributed by atoms with Gasteiger partial charge in [0.1, 0.15) is 4.99 Å². The zero-order chi connectivity index (χ0) is 11.5. The number of nitrogens with two attached hydrogens (primary N) is 1. The van der Waals surface area contributed by atoms with Crippen molar-refractivity contribution in [2.45, 2.75) is 30.2 Å². The first-order valence-electron chi connectivity index (χ1n) is 5.45. The van der Waals surface area contributed by atoms with E-state index in [1.165, 1.54) is 19.3 Å². The van der Waals surface area contributed by atoms with Crippen molar-refractivity contribution in [1.29, 1.82) is 0 Å². The minimum atomic E-state index is 0.478. The molecule has 0 aliphatic heterocycles. The Hall–Kier alpha value is -0.740. The van der Waals surface area contributed by atoms with Crippen molar-refractivity contribution in [3.8, 4) is 0 Å². The van der Waals surface area contributed by atoms with Crippen LogP contribution in [0.1, 0.15) is 24.8 Å². The molecule has 3 N–H and O–H groups in total. The molecule has 0 heterocycles. The fourth-order valence-corrected chi connectivity index (χ4v) is 2.77. The maximum absolute atomic E-state index is 5.80. The molecule has 0 atom stereocenters. The number of thiocarbonyl (C=S) groups is 1. The maximum Gasteiger partial charge on any atom is 0.107 e. The third kappa shape index (κ3) is 2.33. The van der Waals surface area contributed by atoms with Gasteiger partial charge < -0.3 is 11.1 Å². The van der Waals surface area contributed by atoms with Crippen molar-refractivity contribution in [3.05, 3.63) is 23.8 Å². The van der Waals surface area contributed by atoms with Gasteiger partial charge in [-0.3, -0.25) is 0 Å². The smallest absolute Gasteiger partial charge is 0.107 e. The Morgan fingerprint density at radius 3 is 2.75 bits per heavy atom. The quantitative estimate of drug-likeness (QED) is 0.638. The molecule has 0 saturated heterocycles. The summed E-state index contributed by atoms with van der Waals surface area (Å²) < 4.78 is 0. The van der Waals surface area contributed by atoms with Gasteiger partial charge in [0.2, 0.25) is 0 Å². The standard InChI is InChI=1S/C12H16N2S2/c1-16-10-7-3-6-9(11(10)12(13)15)14-8-4-2-5-8/h3,6-8,14H,2,4-5H2,1H3,(H2,13,15). The van der Waals surface area contributed by atoms with Crippen LogP contribution >= 0.6 is 24.0 Å². The minimum Gasteiger partial charge on any atom is -0.389 e. The van der Waals surface area contributed by atoms with E-state index in [2.05, 4.69) is 23.5 Å². The first kappa shape index (κ1) is 11.7. The summed E-state index contributed by atoms with van der Waals surface area (Å²) in [6, 6.07) is 6.77. The Labute approximate surface area is 106 Å². The number of rotatable bonds is 4. The summed E-state index contributed by atoms with van der Waals surface area (Å²) in [4.78, 5) is 1.63. The van der Waals surface area contributed by atoms with Gasteiger partial charge in [-0.2, -0.15) is 0 Å². The molecule has 1 aromatic carbocycles. The van der Waals surface area contributed by atoms with Crippen LogP contribution in [0.15, 0.2) is 23.1 Å². The summed E-state index contributed by atoms with van der Waals surface area (Å²) in [5.74, 6) is 0. The van der Waals surface area contributed by atoms with Crippen LogP contribution in [-0.2, 0) is 0 Å². The predicted molar refractivity (Wildman–Crippen MR) is 75.4 cm³/mol. The van der Waals surface area contributed by atoms with E-state index in [1.807, 2.05) is 6.26 Å². The van der Waals surface area contributed by atoms with Gasteiger partial charge in [-0.1, -0.05) is 18.3 Å². The highest BCUT2D eigenvalue weighted by Gasteiger charge is 2.19. The molecule has 1 aromatic rings. The Kier molecular flexibility index (Phi) is 3.71. The van der Waals surface area contributed by atoms with Crippen molar-refractivity contribution in [3.63, 3.8) is 0 Å². The van der Waals surface area contributed by atoms with E-state index < -0.39 is 0 Å². The molecule has 16 heavy (non-hydrogen) atoms. The topological polar surface area (TPSA) is 38.0 Å². The Bertz CT molecular complexity index is 400. The predicted octanol–water partition coefficient (Wildman–Crippen LogP) is 3.01. The zero-order valence-corrected chi connectivity index (χ0v) is 11.0. The summed E-state index contributed by atoms with van der Waals surface area (Å²) in [5.41, 5.74) is 7.89. The molecule has 1 aliphatic rings. The second-order valence-corrected chi connectivity index (χ2v) is 5.31. The lowest BCUT2D eigenvalue weighted by Crippen LogP contribution is -2.28. The molecule has 2 rings (SSSR count). The van der Waals surface area contributed by atoms with Crippen LogP contribution < -0.4 is 11.1 Å². The van der Waals surface area contributed by atoms with Crippen molar-refractivity contribution in [2.75, 3.05) is 11.6 Å². The summed E-state index contributed by atoms with van der Waals surface area (Å²) in [7, 11) is 0. The lowest BCUT2D eigenvalue weighted by Gasteiger charge is -2.28. The third-order valence-electron chi connectivity index (χ3n) is 2.96. The van der Waals surface area contributed by atoms with E-state index in [0.29, 0.717) is 11.0 Å². The summed E-state index contributed by atoms with van der Waals surface area (Å²) >= 11 is 6.82. The normalized spacial score (nSPS) is 15.6. The number of nitrogens with one attached hydrogen (secondary N) is 1. The number of benzene rings is 1. The largest absolute Gasteiger partial charge is 0.389 e. The van der Waals surface area contributed by atoms with Crippen LogP contribution in [0.3, 0.4) is 0 Å². The van der Waals surface area contributed by atoms with E-state index in [1.54, 1.807) is 11.8 Å². The lowest BCUT2D eigenvalue weighted by atomic mass is 9.92. The van der Waals surface area contributed by atoms with Crippen molar-refractivity contribution >= 4 is 34.7 Å². The number of thioether (sulfide) groups is 1. The van der Waals surface area contributed by atoms with E-state index in [0.717, 1.165) is 16.1 Å². The van der Waals surface area contributed by atoms with Crippen LogP contribution in [0.2, 0.25) is 0 Å². The second kappa shape index (κ2) is 5.06. The van der Waals surface area contributed by atoms with Gasteiger partial charge in [0, 0.05) is 22.2 Å². The summed E-state index contributed by atoms with van der Waals surface area (Å²) in [6.45, 7) is 0. The Morgan fingerprint density at radius 1 is 1.50 bits per heavy atom. The average Bonchev–Trinajstić information content (AvgIpc) is 2.22. The zero-order valence-electron chi connectivity index (χ0n) is 9.32. The highest BCUT2D eigenvalue weighted by Crippen LogP contribution is 2.30. The van der Waals surface area contributed by atoms with E-state index in [9.17, 15) is 0 Å². The first-order chi connectivity index (χ1) is 7.72. The van der Waals surface area contributed by atoms with Gasteiger partial charge in [-0.25, -0.2) is 0 Å². The van der Waals surface area contributed by atoms with Crippen LogP contribution in [0.25, 0.3) is 0 Å². The van der Waals surface area contributed by atoms with Gasteiger partial charge in [-0.15, -0.1) is 11.8 Å². The Morgan fingerprint density at radius 2 is 2.25 bits per heavy atom. The van der Waals surface area contributed by atoms with Gasteiger partial charge >= 0.3 is 0 Å². The van der Waals surface area contributed by atoms with E-state index >= 15 is 0 Å². The number of anilines is 1. The molecule has 0 aromatic heterocycles. The lowest BCUT2D eigenvalue weighted by molar-refractivity contribution is 0.445. The fourth-order valence-electron chi connectivity index (χ4n) is 1.85.